The summed E-state index contributed by atoms with van der Waals surface area (Å²) in [5.41, 5.74) is 2.48. The molecule has 0 spiro atoms. The van der Waals surface area contributed by atoms with Gasteiger partial charge in [0.25, 0.3) is 5.91 Å². The van der Waals surface area contributed by atoms with Crippen molar-refractivity contribution in [3.63, 3.8) is 0 Å². The molecule has 1 heterocycles. The van der Waals surface area contributed by atoms with Crippen molar-refractivity contribution < 1.29 is 9.53 Å². The Hall–Kier alpha value is -1.95. The lowest BCUT2D eigenvalue weighted by molar-refractivity contribution is 0.0934. The van der Waals surface area contributed by atoms with Crippen LogP contribution in [0.15, 0.2) is 42.5 Å². The van der Waals surface area contributed by atoms with Gasteiger partial charge >= 0.3 is 0 Å². The van der Waals surface area contributed by atoms with Crippen molar-refractivity contribution in [3.05, 3.63) is 58.6 Å². The minimum absolute atomic E-state index is 0. The molecule has 1 aliphatic heterocycles. The van der Waals surface area contributed by atoms with Gasteiger partial charge in [-0.05, 0) is 18.1 Å². The lowest BCUT2D eigenvalue weighted by Gasteiger charge is -2.18. The van der Waals surface area contributed by atoms with Crippen LogP contribution in [-0.2, 0) is 6.54 Å². The van der Waals surface area contributed by atoms with Crippen LogP contribution in [0.3, 0.4) is 0 Å². The summed E-state index contributed by atoms with van der Waals surface area (Å²) in [6.45, 7) is 2.71. The van der Waals surface area contributed by atoms with Gasteiger partial charge in [-0.15, -0.1) is 12.4 Å². The predicted octanol–water partition coefficient (Wildman–Crippen LogP) is 3.82. The Balaban J connectivity index is 0.00000261. The fraction of sp³-hybridized carbons (Fsp3) is 0.350. The van der Waals surface area contributed by atoms with Crippen molar-refractivity contribution >= 4 is 35.6 Å². The maximum atomic E-state index is 12.7. The fourth-order valence-corrected chi connectivity index (χ4v) is 3.55. The van der Waals surface area contributed by atoms with Crippen LogP contribution in [0.2, 0.25) is 5.02 Å². The van der Waals surface area contributed by atoms with Crippen LogP contribution in [-0.4, -0.2) is 44.1 Å². The molecule has 1 saturated heterocycles. The molecule has 1 aliphatic rings. The summed E-state index contributed by atoms with van der Waals surface area (Å²) in [5, 5.41) is 6.59. The zero-order chi connectivity index (χ0) is 18.5. The maximum absolute atomic E-state index is 12.7. The van der Waals surface area contributed by atoms with E-state index in [1.807, 2.05) is 6.07 Å². The monoisotopic (exact) mass is 409 g/mol. The van der Waals surface area contributed by atoms with Crippen LogP contribution in [0.25, 0.3) is 0 Å². The molecule has 0 aromatic heterocycles. The first kappa shape index (κ1) is 21.4. The molecule has 1 atom stereocenters. The summed E-state index contributed by atoms with van der Waals surface area (Å²) in [6, 6.07) is 13.9. The Bertz CT molecular complexity index is 771. The number of methoxy groups -OCH3 is 1. The van der Waals surface area contributed by atoms with Gasteiger partial charge in [0, 0.05) is 38.8 Å². The number of nitrogens with one attached hydrogen (secondary N) is 2. The van der Waals surface area contributed by atoms with Crippen molar-refractivity contribution in [3.8, 4) is 5.75 Å². The topological polar surface area (TPSA) is 53.6 Å². The Morgan fingerprint density at radius 3 is 2.70 bits per heavy atom. The Kier molecular flexibility index (Phi) is 7.78. The molecule has 0 bridgehead atoms. The molecule has 3 rings (SSSR count). The predicted molar refractivity (Wildman–Crippen MR) is 112 cm³/mol. The van der Waals surface area contributed by atoms with Gasteiger partial charge in [-0.25, -0.2) is 0 Å². The third kappa shape index (κ3) is 5.28. The van der Waals surface area contributed by atoms with Crippen molar-refractivity contribution in [2.24, 2.45) is 0 Å². The minimum Gasteiger partial charge on any atom is -0.496 e. The van der Waals surface area contributed by atoms with Crippen LogP contribution in [0.1, 0.15) is 22.3 Å². The summed E-state index contributed by atoms with van der Waals surface area (Å²) in [5.74, 6) is 0.355. The minimum atomic E-state index is -0.155. The van der Waals surface area contributed by atoms with Crippen LogP contribution < -0.4 is 15.4 Å². The molecular formula is C20H25Cl2N3O2. The average molecular weight is 410 g/mol. The molecule has 1 amide bonds. The normalized spacial score (nSPS) is 16.5. The van der Waals surface area contributed by atoms with E-state index in [0.29, 0.717) is 16.3 Å². The van der Waals surface area contributed by atoms with E-state index in [4.69, 9.17) is 16.3 Å². The number of benzene rings is 2. The highest BCUT2D eigenvalue weighted by molar-refractivity contribution is 6.33. The average Bonchev–Trinajstić information content (AvgIpc) is 3.09. The molecule has 2 aromatic rings. The lowest BCUT2D eigenvalue weighted by Crippen LogP contribution is -2.37. The third-order valence-electron chi connectivity index (χ3n) is 4.66. The molecule has 146 valence electrons. The molecule has 0 saturated carbocycles. The molecule has 27 heavy (non-hydrogen) atoms. The number of hydrogen-bond donors (Lipinski definition) is 2. The van der Waals surface area contributed by atoms with Gasteiger partial charge in [0.05, 0.1) is 23.4 Å². The highest BCUT2D eigenvalue weighted by Crippen LogP contribution is 2.30. The molecule has 2 aromatic carbocycles. The first-order valence-corrected chi connectivity index (χ1v) is 9.11. The van der Waals surface area contributed by atoms with E-state index in [1.165, 1.54) is 5.56 Å². The third-order valence-corrected chi connectivity index (χ3v) is 4.97. The van der Waals surface area contributed by atoms with E-state index < -0.39 is 0 Å². The number of carbonyl (C=O) groups excluding carboxylic acids is 1. The first-order valence-electron chi connectivity index (χ1n) is 8.73. The highest BCUT2D eigenvalue weighted by Gasteiger charge is 2.25. The number of nitrogens with zero attached hydrogens (tertiary/aromatic N) is 1. The van der Waals surface area contributed by atoms with Crippen LogP contribution in [0, 0.1) is 0 Å². The van der Waals surface area contributed by atoms with Crippen molar-refractivity contribution in [2.45, 2.75) is 19.0 Å². The smallest absolute Gasteiger partial charge is 0.255 e. The number of halogens is 2. The van der Waals surface area contributed by atoms with Gasteiger partial charge in [0.2, 0.25) is 0 Å². The summed E-state index contributed by atoms with van der Waals surface area (Å²) in [4.78, 5) is 15.1. The number of likely N-dealkylation sites (tertiary alicyclic amines) is 1. The number of ether oxygens (including phenoxy) is 1. The van der Waals surface area contributed by atoms with E-state index in [9.17, 15) is 4.79 Å². The van der Waals surface area contributed by atoms with E-state index >= 15 is 0 Å². The second kappa shape index (κ2) is 9.83. The van der Waals surface area contributed by atoms with Gasteiger partial charge < -0.3 is 15.4 Å². The van der Waals surface area contributed by atoms with E-state index in [1.54, 1.807) is 26.3 Å². The Labute approximate surface area is 171 Å². The maximum Gasteiger partial charge on any atom is 0.255 e. The van der Waals surface area contributed by atoms with E-state index in [-0.39, 0.29) is 24.4 Å². The Morgan fingerprint density at radius 1 is 1.30 bits per heavy atom. The highest BCUT2D eigenvalue weighted by atomic mass is 35.5. The second-order valence-electron chi connectivity index (χ2n) is 6.46. The van der Waals surface area contributed by atoms with E-state index in [2.05, 4.69) is 39.8 Å². The lowest BCUT2D eigenvalue weighted by atomic mass is 10.1. The molecule has 2 N–H and O–H groups in total. The van der Waals surface area contributed by atoms with Gasteiger partial charge in [-0.3, -0.25) is 9.69 Å². The largest absolute Gasteiger partial charge is 0.496 e. The number of amides is 1. The van der Waals surface area contributed by atoms with Gasteiger partial charge in [-0.2, -0.15) is 0 Å². The molecule has 1 fully saturated rings. The summed E-state index contributed by atoms with van der Waals surface area (Å²) >= 11 is 6.23. The number of anilines is 1. The van der Waals surface area contributed by atoms with E-state index in [0.717, 1.165) is 31.7 Å². The molecule has 0 aliphatic carbocycles. The first-order chi connectivity index (χ1) is 12.6. The number of carbonyl (C=O) groups is 1. The molecule has 5 nitrogen and oxygen atoms in total. The fourth-order valence-electron chi connectivity index (χ4n) is 3.29. The van der Waals surface area contributed by atoms with Crippen molar-refractivity contribution in [1.82, 2.24) is 10.2 Å². The zero-order valence-corrected chi connectivity index (χ0v) is 17.1. The summed E-state index contributed by atoms with van der Waals surface area (Å²) < 4.78 is 5.36. The van der Waals surface area contributed by atoms with Crippen molar-refractivity contribution in [1.29, 1.82) is 0 Å². The molecule has 0 radical (unpaired) electrons. The van der Waals surface area contributed by atoms with Crippen molar-refractivity contribution in [2.75, 3.05) is 32.6 Å². The van der Waals surface area contributed by atoms with Crippen LogP contribution >= 0.6 is 24.0 Å². The summed E-state index contributed by atoms with van der Waals surface area (Å²) in [6.07, 6.45) is 0.934. The van der Waals surface area contributed by atoms with Gasteiger partial charge in [0.15, 0.2) is 0 Å². The SMILES string of the molecule is CNc1cc(OC)c(C(=O)NC2CCN(Cc3ccccc3)C2)cc1Cl.Cl. The molecular weight excluding hydrogens is 385 g/mol. The van der Waals surface area contributed by atoms with Crippen LogP contribution in [0.4, 0.5) is 5.69 Å². The number of hydrogen-bond acceptors (Lipinski definition) is 4. The zero-order valence-electron chi connectivity index (χ0n) is 15.5. The number of rotatable bonds is 6. The molecule has 7 heteroatoms. The Morgan fingerprint density at radius 2 is 2.04 bits per heavy atom. The summed E-state index contributed by atoms with van der Waals surface area (Å²) in [7, 11) is 3.33. The van der Waals surface area contributed by atoms with Gasteiger partial charge in [-0.1, -0.05) is 41.9 Å². The van der Waals surface area contributed by atoms with Gasteiger partial charge in [0.1, 0.15) is 5.75 Å². The quantitative estimate of drug-likeness (QED) is 0.761. The molecule has 1 unspecified atom stereocenters. The standard InChI is InChI=1S/C20H24ClN3O2.ClH/c1-22-18-11-19(26-2)16(10-17(18)21)20(25)23-15-8-9-24(13-15)12-14-6-4-3-5-7-14;/h3-7,10-11,15,22H,8-9,12-13H2,1-2H3,(H,23,25);1H. The second-order valence-corrected chi connectivity index (χ2v) is 6.87. The van der Waals surface area contributed by atoms with Crippen LogP contribution in [0.5, 0.6) is 5.75 Å².